The molecule has 2 aromatic carbocycles. The minimum atomic E-state index is -3.61. The summed E-state index contributed by atoms with van der Waals surface area (Å²) >= 11 is 0. The molecule has 1 saturated heterocycles. The molecule has 1 unspecified atom stereocenters. The summed E-state index contributed by atoms with van der Waals surface area (Å²) in [6.07, 6.45) is -0.331. The van der Waals surface area contributed by atoms with Gasteiger partial charge in [-0.1, -0.05) is 18.2 Å². The summed E-state index contributed by atoms with van der Waals surface area (Å²) in [5.41, 5.74) is 5.07. The second-order valence-corrected chi connectivity index (χ2v) is 10.6. The predicted molar refractivity (Wildman–Crippen MR) is 130 cm³/mol. The first-order valence-corrected chi connectivity index (χ1v) is 12.7. The Hall–Kier alpha value is -3.14. The van der Waals surface area contributed by atoms with E-state index in [0.29, 0.717) is 31.9 Å². The maximum Gasteiger partial charge on any atom is 0.257 e. The van der Waals surface area contributed by atoms with E-state index in [9.17, 15) is 13.2 Å². The molecule has 1 aromatic heterocycles. The summed E-state index contributed by atoms with van der Waals surface area (Å²) in [7, 11) is -1.82. The molecule has 0 bridgehead atoms. The van der Waals surface area contributed by atoms with Crippen molar-refractivity contribution >= 4 is 21.6 Å². The molecule has 0 aliphatic carbocycles. The third kappa shape index (κ3) is 3.70. The van der Waals surface area contributed by atoms with Crippen molar-refractivity contribution in [2.24, 2.45) is 0 Å². The zero-order chi connectivity index (χ0) is 24.0. The fraction of sp³-hybridized carbons (Fsp3) is 0.320. The number of amides is 1. The van der Waals surface area contributed by atoms with Crippen LogP contribution in [0.5, 0.6) is 0 Å². The number of morpholine rings is 1. The number of para-hydroxylation sites is 1. The van der Waals surface area contributed by atoms with Crippen LogP contribution >= 0.6 is 0 Å². The highest BCUT2D eigenvalue weighted by molar-refractivity contribution is 7.89. The average Bonchev–Trinajstić information content (AvgIpc) is 3.15. The van der Waals surface area contributed by atoms with Crippen molar-refractivity contribution in [2.75, 3.05) is 38.7 Å². The number of nitrogens with zero attached hydrogens (tertiary/aromatic N) is 3. The molecule has 3 aromatic rings. The van der Waals surface area contributed by atoms with Gasteiger partial charge in [0.1, 0.15) is 6.17 Å². The number of sulfonamides is 1. The summed E-state index contributed by atoms with van der Waals surface area (Å²) in [6, 6.07) is 16.6. The summed E-state index contributed by atoms with van der Waals surface area (Å²) in [4.78, 5) is 14.9. The summed E-state index contributed by atoms with van der Waals surface area (Å²) < 4.78 is 35.2. The molecule has 0 saturated carbocycles. The zero-order valence-electron chi connectivity index (χ0n) is 19.5. The maximum absolute atomic E-state index is 13.2. The number of carbonyl (C=O) groups excluding carboxylic acids is 1. The molecule has 5 rings (SSSR count). The SMILES string of the molecule is Cc1cc(C2Nc3ccccc3C(=O)N2C)c(C)n1-c1cccc(S(=O)(=O)N2CCOCC2)c1. The Morgan fingerprint density at radius 1 is 1.00 bits per heavy atom. The first-order valence-electron chi connectivity index (χ1n) is 11.3. The number of fused-ring (bicyclic) bond motifs is 1. The van der Waals surface area contributed by atoms with Crippen molar-refractivity contribution in [1.82, 2.24) is 13.8 Å². The molecule has 3 heterocycles. The molecule has 2 aliphatic rings. The van der Waals surface area contributed by atoms with Crippen LogP contribution in [0.3, 0.4) is 0 Å². The van der Waals surface area contributed by atoms with Crippen molar-refractivity contribution in [1.29, 1.82) is 0 Å². The van der Waals surface area contributed by atoms with E-state index >= 15 is 0 Å². The summed E-state index contributed by atoms with van der Waals surface area (Å²) in [5.74, 6) is -0.0391. The second kappa shape index (κ2) is 8.57. The van der Waals surface area contributed by atoms with Crippen LogP contribution in [0.4, 0.5) is 5.69 Å². The average molecular weight is 481 g/mol. The standard InChI is InChI=1S/C25H28N4O4S/c1-17-15-22(24-26-23-10-5-4-9-21(23)25(30)27(24)3)18(2)29(17)19-7-6-8-20(16-19)34(31,32)28-11-13-33-14-12-28/h4-10,15-16,24,26H,11-14H2,1-3H3. The zero-order valence-corrected chi connectivity index (χ0v) is 20.3. The van der Waals surface area contributed by atoms with E-state index in [1.54, 1.807) is 30.1 Å². The Bertz CT molecular complexity index is 1360. The van der Waals surface area contributed by atoms with Gasteiger partial charge in [-0.2, -0.15) is 4.31 Å². The van der Waals surface area contributed by atoms with Gasteiger partial charge in [0.25, 0.3) is 5.91 Å². The van der Waals surface area contributed by atoms with Crippen LogP contribution in [-0.2, 0) is 14.8 Å². The summed E-state index contributed by atoms with van der Waals surface area (Å²) in [6.45, 7) is 5.49. The molecule has 1 fully saturated rings. The first-order chi connectivity index (χ1) is 16.3. The van der Waals surface area contributed by atoms with Gasteiger partial charge in [-0.05, 0) is 50.2 Å². The third-order valence-corrected chi connectivity index (χ3v) is 8.50. The fourth-order valence-electron chi connectivity index (χ4n) is 4.81. The quantitative estimate of drug-likeness (QED) is 0.620. The van der Waals surface area contributed by atoms with E-state index in [2.05, 4.69) is 5.32 Å². The Balaban J connectivity index is 1.52. The van der Waals surface area contributed by atoms with Crippen molar-refractivity contribution in [2.45, 2.75) is 24.9 Å². The first kappa shape index (κ1) is 22.6. The number of hydrogen-bond acceptors (Lipinski definition) is 5. The highest BCUT2D eigenvalue weighted by atomic mass is 32.2. The minimum absolute atomic E-state index is 0.0391. The lowest BCUT2D eigenvalue weighted by molar-refractivity contribution is 0.0730. The van der Waals surface area contributed by atoms with Gasteiger partial charge in [0.15, 0.2) is 0 Å². The van der Waals surface area contributed by atoms with Crippen molar-refractivity contribution in [3.8, 4) is 5.69 Å². The molecule has 9 heteroatoms. The predicted octanol–water partition coefficient (Wildman–Crippen LogP) is 3.31. The molecule has 0 spiro atoms. The van der Waals surface area contributed by atoms with Gasteiger partial charge < -0.3 is 19.5 Å². The van der Waals surface area contributed by atoms with E-state index in [4.69, 9.17) is 4.74 Å². The molecule has 0 radical (unpaired) electrons. The Labute approximate surface area is 199 Å². The highest BCUT2D eigenvalue weighted by Crippen LogP contribution is 2.35. The van der Waals surface area contributed by atoms with Crippen molar-refractivity contribution < 1.29 is 17.9 Å². The Morgan fingerprint density at radius 3 is 2.50 bits per heavy atom. The number of hydrogen-bond donors (Lipinski definition) is 1. The molecular formula is C25H28N4O4S. The van der Waals surface area contributed by atoms with Gasteiger partial charge in [-0.25, -0.2) is 8.42 Å². The number of nitrogens with one attached hydrogen (secondary N) is 1. The van der Waals surface area contributed by atoms with Crippen molar-refractivity contribution in [3.63, 3.8) is 0 Å². The maximum atomic E-state index is 13.2. The third-order valence-electron chi connectivity index (χ3n) is 6.61. The number of rotatable bonds is 4. The second-order valence-electron chi connectivity index (χ2n) is 8.68. The molecular weight excluding hydrogens is 452 g/mol. The summed E-state index contributed by atoms with van der Waals surface area (Å²) in [5, 5.41) is 3.48. The highest BCUT2D eigenvalue weighted by Gasteiger charge is 2.32. The van der Waals surface area contributed by atoms with Crippen LogP contribution in [-0.4, -0.2) is 61.4 Å². The minimum Gasteiger partial charge on any atom is -0.379 e. The lowest BCUT2D eigenvalue weighted by Crippen LogP contribution is -2.40. The molecule has 34 heavy (non-hydrogen) atoms. The number of anilines is 1. The molecule has 1 atom stereocenters. The number of carbonyl (C=O) groups is 1. The number of aryl methyl sites for hydroxylation is 1. The van der Waals surface area contributed by atoms with Gasteiger partial charge in [-0.3, -0.25) is 4.79 Å². The molecule has 2 aliphatic heterocycles. The van der Waals surface area contributed by atoms with E-state index in [1.807, 2.05) is 54.8 Å². The van der Waals surface area contributed by atoms with E-state index < -0.39 is 10.0 Å². The largest absolute Gasteiger partial charge is 0.379 e. The van der Waals surface area contributed by atoms with E-state index in [0.717, 1.165) is 28.3 Å². The lowest BCUT2D eigenvalue weighted by Gasteiger charge is -2.35. The smallest absolute Gasteiger partial charge is 0.257 e. The van der Waals surface area contributed by atoms with Crippen molar-refractivity contribution in [3.05, 3.63) is 77.1 Å². The lowest BCUT2D eigenvalue weighted by atomic mass is 10.0. The molecule has 8 nitrogen and oxygen atoms in total. The van der Waals surface area contributed by atoms with Crippen LogP contribution in [0.25, 0.3) is 5.69 Å². The van der Waals surface area contributed by atoms with E-state index in [1.165, 1.54) is 4.31 Å². The monoisotopic (exact) mass is 480 g/mol. The normalized spacial score (nSPS) is 19.1. The van der Waals surface area contributed by atoms with Crippen LogP contribution in [0.2, 0.25) is 0 Å². The molecule has 178 valence electrons. The van der Waals surface area contributed by atoms with Gasteiger partial charge in [0.2, 0.25) is 10.0 Å². The van der Waals surface area contributed by atoms with Crippen LogP contribution in [0.15, 0.2) is 59.5 Å². The Kier molecular flexibility index (Phi) is 5.71. The number of benzene rings is 2. The fourth-order valence-corrected chi connectivity index (χ4v) is 6.26. The number of ether oxygens (including phenoxy) is 1. The van der Waals surface area contributed by atoms with Gasteiger partial charge in [0, 0.05) is 48.5 Å². The van der Waals surface area contributed by atoms with Crippen LogP contribution in [0.1, 0.15) is 33.5 Å². The van der Waals surface area contributed by atoms with E-state index in [-0.39, 0.29) is 17.0 Å². The van der Waals surface area contributed by atoms with Crippen LogP contribution in [0, 0.1) is 13.8 Å². The van der Waals surface area contributed by atoms with Gasteiger partial charge in [0.05, 0.1) is 23.7 Å². The topological polar surface area (TPSA) is 83.9 Å². The Morgan fingerprint density at radius 2 is 1.74 bits per heavy atom. The van der Waals surface area contributed by atoms with Gasteiger partial charge in [-0.15, -0.1) is 0 Å². The molecule has 1 amide bonds. The molecule has 1 N–H and O–H groups in total. The number of aromatic nitrogens is 1. The van der Waals surface area contributed by atoms with Crippen LogP contribution < -0.4 is 5.32 Å². The van der Waals surface area contributed by atoms with Gasteiger partial charge >= 0.3 is 0 Å².